The van der Waals surface area contributed by atoms with Crippen molar-refractivity contribution in [1.29, 1.82) is 0 Å². The molecule has 1 aliphatic rings. The van der Waals surface area contributed by atoms with Gasteiger partial charge in [-0.2, -0.15) is 0 Å². The van der Waals surface area contributed by atoms with E-state index in [-0.39, 0.29) is 22.8 Å². The monoisotopic (exact) mass is 393 g/mol. The Morgan fingerprint density at radius 1 is 1.14 bits per heavy atom. The number of hydrogen-bond donors (Lipinski definition) is 1. The molecule has 1 aliphatic heterocycles. The highest BCUT2D eigenvalue weighted by atomic mass is 16.5. The van der Waals surface area contributed by atoms with E-state index >= 15 is 0 Å². The van der Waals surface area contributed by atoms with Gasteiger partial charge in [0.1, 0.15) is 5.58 Å². The van der Waals surface area contributed by atoms with E-state index in [1.54, 1.807) is 29.2 Å². The minimum atomic E-state index is -0.585. The van der Waals surface area contributed by atoms with Crippen LogP contribution in [0.3, 0.4) is 0 Å². The first kappa shape index (κ1) is 19.1. The molecular weight excluding hydrogens is 370 g/mol. The van der Waals surface area contributed by atoms with Crippen LogP contribution in [-0.2, 0) is 0 Å². The lowest BCUT2D eigenvalue weighted by Gasteiger charge is -2.25. The highest BCUT2D eigenvalue weighted by Gasteiger charge is 2.42. The molecule has 2 heterocycles. The molecule has 1 N–H and O–H groups in total. The topological polar surface area (TPSA) is 80.0 Å². The molecule has 0 fully saturated rings. The Balaban J connectivity index is 1.98. The predicted octanol–water partition coefficient (Wildman–Crippen LogP) is 4.16. The fourth-order valence-corrected chi connectivity index (χ4v) is 3.92. The molecule has 4 rings (SSSR count). The minimum absolute atomic E-state index is 0.0170. The van der Waals surface area contributed by atoms with Crippen LogP contribution in [0, 0.1) is 6.92 Å². The van der Waals surface area contributed by atoms with Gasteiger partial charge >= 0.3 is 0 Å². The first-order valence-corrected chi connectivity index (χ1v) is 9.80. The Morgan fingerprint density at radius 2 is 1.93 bits per heavy atom. The summed E-state index contributed by atoms with van der Waals surface area (Å²) in [5.74, 6) is 0.139. The molecule has 0 radical (unpaired) electrons. The van der Waals surface area contributed by atoms with Crippen molar-refractivity contribution in [3.63, 3.8) is 0 Å². The first-order chi connectivity index (χ1) is 14.0. The van der Waals surface area contributed by atoms with Crippen molar-refractivity contribution in [2.45, 2.75) is 33.2 Å². The zero-order valence-electron chi connectivity index (χ0n) is 16.7. The third-order valence-corrected chi connectivity index (χ3v) is 5.19. The van der Waals surface area contributed by atoms with Crippen molar-refractivity contribution in [3.8, 4) is 11.5 Å². The van der Waals surface area contributed by atoms with Gasteiger partial charge in [-0.3, -0.25) is 9.59 Å². The molecule has 6 nitrogen and oxygen atoms in total. The van der Waals surface area contributed by atoms with Gasteiger partial charge in [-0.1, -0.05) is 24.6 Å². The summed E-state index contributed by atoms with van der Waals surface area (Å²) in [6.45, 7) is 6.58. The van der Waals surface area contributed by atoms with Crippen LogP contribution < -0.4 is 10.2 Å². The fraction of sp³-hybridized carbons (Fsp3) is 0.304. The summed E-state index contributed by atoms with van der Waals surface area (Å²) in [7, 11) is 0. The van der Waals surface area contributed by atoms with E-state index < -0.39 is 6.04 Å². The second-order valence-electron chi connectivity index (χ2n) is 7.23. The fourth-order valence-electron chi connectivity index (χ4n) is 3.92. The number of phenols is 1. The van der Waals surface area contributed by atoms with Crippen LogP contribution in [0.25, 0.3) is 11.0 Å². The third-order valence-electron chi connectivity index (χ3n) is 5.19. The average molecular weight is 393 g/mol. The van der Waals surface area contributed by atoms with Crippen molar-refractivity contribution >= 4 is 16.9 Å². The molecule has 0 bridgehead atoms. The summed E-state index contributed by atoms with van der Waals surface area (Å²) in [4.78, 5) is 28.2. The van der Waals surface area contributed by atoms with Gasteiger partial charge < -0.3 is 19.2 Å². The molecule has 0 saturated heterocycles. The predicted molar refractivity (Wildman–Crippen MR) is 110 cm³/mol. The molecule has 1 amide bonds. The van der Waals surface area contributed by atoms with Gasteiger partial charge in [0, 0.05) is 6.54 Å². The van der Waals surface area contributed by atoms with Crippen LogP contribution in [0.4, 0.5) is 0 Å². The number of benzene rings is 2. The van der Waals surface area contributed by atoms with Crippen LogP contribution in [0.2, 0.25) is 0 Å². The van der Waals surface area contributed by atoms with Gasteiger partial charge in [0.25, 0.3) is 5.91 Å². The van der Waals surface area contributed by atoms with Crippen molar-refractivity contribution in [3.05, 3.63) is 69.1 Å². The Bertz CT molecular complexity index is 1160. The quantitative estimate of drug-likeness (QED) is 0.704. The smallest absolute Gasteiger partial charge is 0.290 e. The zero-order chi connectivity index (χ0) is 20.7. The SMILES string of the molecule is CCCN1C(=O)c2oc3ccc(C)cc3c(=O)c2[C@H]1c1ccc(O)c(OCC)c1. The lowest BCUT2D eigenvalue weighted by molar-refractivity contribution is 0.0728. The van der Waals surface area contributed by atoms with E-state index in [2.05, 4.69) is 0 Å². The molecular formula is C23H23NO5. The minimum Gasteiger partial charge on any atom is -0.504 e. The van der Waals surface area contributed by atoms with Gasteiger partial charge in [0.2, 0.25) is 5.76 Å². The second-order valence-corrected chi connectivity index (χ2v) is 7.23. The molecule has 1 aromatic heterocycles. The largest absolute Gasteiger partial charge is 0.504 e. The molecule has 3 aromatic rings. The number of hydrogen-bond acceptors (Lipinski definition) is 5. The van der Waals surface area contributed by atoms with Gasteiger partial charge in [-0.15, -0.1) is 0 Å². The van der Waals surface area contributed by atoms with Gasteiger partial charge in [0.05, 0.1) is 23.6 Å². The maximum Gasteiger partial charge on any atom is 0.290 e. The molecule has 29 heavy (non-hydrogen) atoms. The van der Waals surface area contributed by atoms with E-state index in [0.29, 0.717) is 41.0 Å². The molecule has 0 aliphatic carbocycles. The first-order valence-electron chi connectivity index (χ1n) is 9.80. The van der Waals surface area contributed by atoms with Crippen molar-refractivity contribution in [2.24, 2.45) is 0 Å². The normalized spacial score (nSPS) is 15.8. The molecule has 1 atom stereocenters. The Morgan fingerprint density at radius 3 is 2.66 bits per heavy atom. The number of rotatable bonds is 5. The molecule has 0 saturated carbocycles. The molecule has 0 spiro atoms. The lowest BCUT2D eigenvalue weighted by Crippen LogP contribution is -2.30. The number of ether oxygens (including phenoxy) is 1. The van der Waals surface area contributed by atoms with Gasteiger partial charge in [-0.25, -0.2) is 0 Å². The second kappa shape index (κ2) is 7.28. The summed E-state index contributed by atoms with van der Waals surface area (Å²) in [6, 6.07) is 9.71. The Labute approximate surface area is 168 Å². The number of carbonyl (C=O) groups is 1. The van der Waals surface area contributed by atoms with Crippen LogP contribution in [0.15, 0.2) is 45.6 Å². The van der Waals surface area contributed by atoms with E-state index in [1.807, 2.05) is 26.8 Å². The van der Waals surface area contributed by atoms with Crippen molar-refractivity contribution in [2.75, 3.05) is 13.2 Å². The Kier molecular flexibility index (Phi) is 4.78. The number of aromatic hydroxyl groups is 1. The number of carbonyl (C=O) groups excluding carboxylic acids is 1. The van der Waals surface area contributed by atoms with E-state index in [4.69, 9.17) is 9.15 Å². The van der Waals surface area contributed by atoms with Crippen LogP contribution in [0.5, 0.6) is 11.5 Å². The summed E-state index contributed by atoms with van der Waals surface area (Å²) in [5, 5.41) is 10.5. The third kappa shape index (κ3) is 3.05. The Hall–Kier alpha value is -3.28. The van der Waals surface area contributed by atoms with Gasteiger partial charge in [-0.05, 0) is 50.1 Å². The standard InChI is InChI=1S/C23H23NO5/c1-4-10-24-20(14-7-8-16(25)18(12-14)28-5-2)19-21(26)15-11-13(3)6-9-17(15)29-22(19)23(24)27/h6-9,11-12,20,25H,4-5,10H2,1-3H3/t20-/m1/s1. The summed E-state index contributed by atoms with van der Waals surface area (Å²) >= 11 is 0. The number of phenolic OH excluding ortho intramolecular Hbond substituents is 1. The van der Waals surface area contributed by atoms with Crippen LogP contribution in [-0.4, -0.2) is 29.1 Å². The maximum atomic E-state index is 13.4. The van der Waals surface area contributed by atoms with Gasteiger partial charge in [0.15, 0.2) is 16.9 Å². The van der Waals surface area contributed by atoms with Crippen molar-refractivity contribution < 1.29 is 19.1 Å². The number of amides is 1. The summed E-state index contributed by atoms with van der Waals surface area (Å²) in [5.41, 5.74) is 2.19. The average Bonchev–Trinajstić information content (AvgIpc) is 2.97. The zero-order valence-corrected chi connectivity index (χ0v) is 16.7. The summed E-state index contributed by atoms with van der Waals surface area (Å²) < 4.78 is 11.4. The number of fused-ring (bicyclic) bond motifs is 2. The highest BCUT2D eigenvalue weighted by molar-refractivity contribution is 5.99. The highest BCUT2D eigenvalue weighted by Crippen LogP contribution is 2.40. The lowest BCUT2D eigenvalue weighted by atomic mass is 9.97. The van der Waals surface area contributed by atoms with Crippen LogP contribution in [0.1, 0.15) is 53.6 Å². The molecule has 6 heteroatoms. The summed E-state index contributed by atoms with van der Waals surface area (Å²) in [6.07, 6.45) is 0.736. The van der Waals surface area contributed by atoms with E-state index in [1.165, 1.54) is 6.07 Å². The maximum absolute atomic E-state index is 13.4. The van der Waals surface area contributed by atoms with E-state index in [9.17, 15) is 14.7 Å². The van der Waals surface area contributed by atoms with Crippen molar-refractivity contribution in [1.82, 2.24) is 4.90 Å². The number of nitrogens with zero attached hydrogens (tertiary/aromatic N) is 1. The van der Waals surface area contributed by atoms with E-state index in [0.717, 1.165) is 12.0 Å². The molecule has 2 aromatic carbocycles. The molecule has 0 unspecified atom stereocenters. The molecule has 150 valence electrons. The van der Waals surface area contributed by atoms with Crippen LogP contribution >= 0.6 is 0 Å². The number of aryl methyl sites for hydroxylation is 1.